The summed E-state index contributed by atoms with van der Waals surface area (Å²) in [6.07, 6.45) is 8.60. The number of hydrogen-bond donors (Lipinski definition) is 1. The second-order valence-corrected chi connectivity index (χ2v) is 6.35. The number of likely N-dealkylation sites (tertiary alicyclic amines) is 1. The van der Waals surface area contributed by atoms with Gasteiger partial charge >= 0.3 is 6.03 Å². The highest BCUT2D eigenvalue weighted by atomic mass is 16.2. The Morgan fingerprint density at radius 1 is 1.28 bits per heavy atom. The quantitative estimate of drug-likeness (QED) is 0.900. The van der Waals surface area contributed by atoms with E-state index in [0.717, 1.165) is 18.7 Å². The van der Waals surface area contributed by atoms with Crippen LogP contribution in [0, 0.1) is 0 Å². The zero-order valence-electron chi connectivity index (χ0n) is 13.8. The predicted molar refractivity (Wildman–Crippen MR) is 90.4 cm³/mol. The molecule has 2 aliphatic heterocycles. The van der Waals surface area contributed by atoms with E-state index in [-0.39, 0.29) is 18.0 Å². The molecule has 0 radical (unpaired) electrons. The third kappa shape index (κ3) is 3.07. The Labute approximate surface area is 145 Å². The highest BCUT2D eigenvalue weighted by molar-refractivity contribution is 5.94. The molecule has 0 aromatic carbocycles. The maximum absolute atomic E-state index is 12.8. The molecule has 2 aromatic rings. The molecular weight excluding hydrogens is 320 g/mol. The Morgan fingerprint density at radius 2 is 2.20 bits per heavy atom. The molecule has 1 N–H and O–H groups in total. The van der Waals surface area contributed by atoms with Gasteiger partial charge in [0.25, 0.3) is 5.91 Å². The summed E-state index contributed by atoms with van der Waals surface area (Å²) in [6.45, 7) is 2.69. The van der Waals surface area contributed by atoms with Gasteiger partial charge in [0.15, 0.2) is 0 Å². The molecule has 2 aromatic heterocycles. The average molecular weight is 340 g/mol. The molecule has 0 spiro atoms. The van der Waals surface area contributed by atoms with Gasteiger partial charge in [0.05, 0.1) is 11.6 Å². The zero-order valence-corrected chi connectivity index (χ0v) is 13.8. The molecule has 0 aliphatic carbocycles. The zero-order chi connectivity index (χ0) is 17.2. The second kappa shape index (κ2) is 6.54. The molecule has 8 heteroatoms. The van der Waals surface area contributed by atoms with Crippen LogP contribution in [0.2, 0.25) is 0 Å². The first kappa shape index (κ1) is 15.6. The molecular formula is C17H20N6O2. The minimum Gasteiger partial charge on any atom is -0.337 e. The van der Waals surface area contributed by atoms with E-state index in [4.69, 9.17) is 0 Å². The van der Waals surface area contributed by atoms with Crippen LogP contribution in [0.1, 0.15) is 23.2 Å². The number of pyridine rings is 1. The molecule has 0 bridgehead atoms. The van der Waals surface area contributed by atoms with Crippen LogP contribution in [0.5, 0.6) is 0 Å². The number of rotatable bonds is 3. The molecule has 2 saturated heterocycles. The molecule has 2 fully saturated rings. The van der Waals surface area contributed by atoms with Crippen molar-refractivity contribution in [1.82, 2.24) is 29.7 Å². The van der Waals surface area contributed by atoms with Crippen LogP contribution in [-0.2, 0) is 0 Å². The van der Waals surface area contributed by atoms with E-state index in [1.54, 1.807) is 35.6 Å². The van der Waals surface area contributed by atoms with Gasteiger partial charge < -0.3 is 15.1 Å². The average Bonchev–Trinajstić information content (AvgIpc) is 3.33. The van der Waals surface area contributed by atoms with E-state index in [9.17, 15) is 9.59 Å². The lowest BCUT2D eigenvalue weighted by molar-refractivity contribution is 0.0634. The van der Waals surface area contributed by atoms with Crippen molar-refractivity contribution < 1.29 is 9.59 Å². The fourth-order valence-corrected chi connectivity index (χ4v) is 3.47. The molecule has 1 unspecified atom stereocenters. The largest absolute Gasteiger partial charge is 0.337 e. The first-order valence-electron chi connectivity index (χ1n) is 8.50. The first-order valence-corrected chi connectivity index (χ1v) is 8.50. The maximum Gasteiger partial charge on any atom is 0.317 e. The summed E-state index contributed by atoms with van der Waals surface area (Å²) in [5, 5.41) is 2.83. The van der Waals surface area contributed by atoms with Crippen molar-refractivity contribution in [3.05, 3.63) is 42.6 Å². The highest BCUT2D eigenvalue weighted by Gasteiger charge is 2.33. The molecule has 2 aliphatic rings. The second-order valence-electron chi connectivity index (χ2n) is 6.35. The molecule has 8 nitrogen and oxygen atoms in total. The number of hydrogen-bond acceptors (Lipinski definition) is 4. The van der Waals surface area contributed by atoms with Gasteiger partial charge in [-0.15, -0.1) is 0 Å². The summed E-state index contributed by atoms with van der Waals surface area (Å²) in [4.78, 5) is 36.7. The Morgan fingerprint density at radius 3 is 2.88 bits per heavy atom. The van der Waals surface area contributed by atoms with Gasteiger partial charge in [0.2, 0.25) is 0 Å². The summed E-state index contributed by atoms with van der Waals surface area (Å²) < 4.78 is 1.79. The number of aromatic nitrogens is 3. The van der Waals surface area contributed by atoms with E-state index >= 15 is 0 Å². The maximum atomic E-state index is 12.8. The van der Waals surface area contributed by atoms with Crippen LogP contribution in [0.15, 0.2) is 37.1 Å². The van der Waals surface area contributed by atoms with Crippen LogP contribution in [0.3, 0.4) is 0 Å². The van der Waals surface area contributed by atoms with Crippen LogP contribution >= 0.6 is 0 Å². The van der Waals surface area contributed by atoms with Crippen molar-refractivity contribution >= 4 is 11.9 Å². The van der Waals surface area contributed by atoms with E-state index < -0.39 is 0 Å². The van der Waals surface area contributed by atoms with Crippen LogP contribution in [-0.4, -0.2) is 68.5 Å². The van der Waals surface area contributed by atoms with Gasteiger partial charge in [-0.05, 0) is 25.0 Å². The first-order chi connectivity index (χ1) is 12.2. The molecule has 4 rings (SSSR count). The SMILES string of the molecule is O=C(c1ccc(-n2ccnc2)nc1)N1CCCC(N2CCNC2=O)C1. The van der Waals surface area contributed by atoms with Crippen molar-refractivity contribution in [2.24, 2.45) is 0 Å². The molecule has 1 atom stereocenters. The van der Waals surface area contributed by atoms with Crippen molar-refractivity contribution in [1.29, 1.82) is 0 Å². The van der Waals surface area contributed by atoms with E-state index in [1.165, 1.54) is 0 Å². The summed E-state index contributed by atoms with van der Waals surface area (Å²) in [5.41, 5.74) is 0.565. The number of amides is 3. The van der Waals surface area contributed by atoms with Crippen LogP contribution in [0.4, 0.5) is 4.79 Å². The van der Waals surface area contributed by atoms with Gasteiger partial charge in [0, 0.05) is 44.8 Å². The Kier molecular flexibility index (Phi) is 4.09. The molecule has 130 valence electrons. The summed E-state index contributed by atoms with van der Waals surface area (Å²) in [6, 6.07) is 3.67. The topological polar surface area (TPSA) is 83.4 Å². The molecule has 0 saturated carbocycles. The van der Waals surface area contributed by atoms with Crippen LogP contribution in [0.25, 0.3) is 5.82 Å². The lowest BCUT2D eigenvalue weighted by Gasteiger charge is -2.37. The fraction of sp³-hybridized carbons (Fsp3) is 0.412. The number of carbonyl (C=O) groups is 2. The van der Waals surface area contributed by atoms with Gasteiger partial charge in [0.1, 0.15) is 12.1 Å². The third-order valence-corrected chi connectivity index (χ3v) is 4.78. The smallest absolute Gasteiger partial charge is 0.317 e. The Hall–Kier alpha value is -2.90. The van der Waals surface area contributed by atoms with Gasteiger partial charge in [-0.25, -0.2) is 14.8 Å². The number of piperidine rings is 1. The van der Waals surface area contributed by atoms with Gasteiger partial charge in [-0.1, -0.05) is 0 Å². The van der Waals surface area contributed by atoms with Crippen molar-refractivity contribution in [3.63, 3.8) is 0 Å². The Bertz CT molecular complexity index is 758. The summed E-state index contributed by atoms with van der Waals surface area (Å²) >= 11 is 0. The van der Waals surface area contributed by atoms with E-state index in [1.807, 2.05) is 15.9 Å². The number of nitrogens with one attached hydrogen (secondary N) is 1. The number of urea groups is 1. The van der Waals surface area contributed by atoms with Crippen molar-refractivity contribution in [2.75, 3.05) is 26.2 Å². The lowest BCUT2D eigenvalue weighted by atomic mass is 10.0. The summed E-state index contributed by atoms with van der Waals surface area (Å²) in [7, 11) is 0. The van der Waals surface area contributed by atoms with E-state index in [2.05, 4.69) is 15.3 Å². The van der Waals surface area contributed by atoms with Gasteiger partial charge in [-0.3, -0.25) is 9.36 Å². The molecule has 4 heterocycles. The normalized spacial score (nSPS) is 20.6. The minimum atomic E-state index is -0.0333. The van der Waals surface area contributed by atoms with Gasteiger partial charge in [-0.2, -0.15) is 0 Å². The molecule has 25 heavy (non-hydrogen) atoms. The summed E-state index contributed by atoms with van der Waals surface area (Å²) in [5.74, 6) is 0.688. The fourth-order valence-electron chi connectivity index (χ4n) is 3.47. The van der Waals surface area contributed by atoms with E-state index in [0.29, 0.717) is 31.7 Å². The lowest BCUT2D eigenvalue weighted by Crippen LogP contribution is -2.50. The standard InChI is InChI=1S/C17H20N6O2/c24-16(13-3-4-15(20-10-13)22-8-5-18-12-22)21-7-1-2-14(11-21)23-9-6-19-17(23)25/h3-5,8,10,12,14H,1-2,6-7,9,11H2,(H,19,25). The van der Waals surface area contributed by atoms with Crippen molar-refractivity contribution in [3.8, 4) is 5.82 Å². The Balaban J connectivity index is 1.45. The predicted octanol–water partition coefficient (Wildman–Crippen LogP) is 0.897. The van der Waals surface area contributed by atoms with Crippen LogP contribution < -0.4 is 5.32 Å². The molecule has 3 amide bonds. The van der Waals surface area contributed by atoms with Crippen molar-refractivity contribution in [2.45, 2.75) is 18.9 Å². The number of nitrogens with zero attached hydrogens (tertiary/aromatic N) is 5. The number of imidazole rings is 1. The monoisotopic (exact) mass is 340 g/mol. The third-order valence-electron chi connectivity index (χ3n) is 4.78. The minimum absolute atomic E-state index is 0.0225. The highest BCUT2D eigenvalue weighted by Crippen LogP contribution is 2.19. The number of carbonyl (C=O) groups excluding carboxylic acids is 2.